The van der Waals surface area contributed by atoms with Crippen LogP contribution in [0.5, 0.6) is 11.5 Å². The first-order valence-electron chi connectivity index (χ1n) is 8.43. The second-order valence-electron chi connectivity index (χ2n) is 5.86. The maximum absolute atomic E-state index is 12.9. The third-order valence-corrected chi connectivity index (χ3v) is 3.89. The molecule has 0 saturated heterocycles. The molecule has 0 aliphatic heterocycles. The second kappa shape index (κ2) is 8.34. The number of carbonyl (C=O) groups is 1. The van der Waals surface area contributed by atoms with Crippen molar-refractivity contribution in [3.05, 3.63) is 72.5 Å². The number of ether oxygens (including phenoxy) is 2. The van der Waals surface area contributed by atoms with E-state index in [2.05, 4.69) is 5.32 Å². The van der Waals surface area contributed by atoms with Crippen molar-refractivity contribution >= 4 is 16.7 Å². The SMILES string of the molecule is C[C@@H](Oc1ccc(F)cc1)C(=O)NCCOc1ccc2ccccc2c1. The number of carbonyl (C=O) groups excluding carboxylic acids is 1. The van der Waals surface area contributed by atoms with Gasteiger partial charge in [-0.25, -0.2) is 4.39 Å². The van der Waals surface area contributed by atoms with Gasteiger partial charge in [0.05, 0.1) is 6.54 Å². The maximum atomic E-state index is 12.9. The number of nitrogens with one attached hydrogen (secondary N) is 1. The van der Waals surface area contributed by atoms with E-state index in [-0.39, 0.29) is 11.7 Å². The summed E-state index contributed by atoms with van der Waals surface area (Å²) in [7, 11) is 0. The lowest BCUT2D eigenvalue weighted by Gasteiger charge is -2.15. The van der Waals surface area contributed by atoms with Crippen LogP contribution in [-0.2, 0) is 4.79 Å². The van der Waals surface area contributed by atoms with Gasteiger partial charge in [0.2, 0.25) is 0 Å². The first kappa shape index (κ1) is 17.7. The Hall–Kier alpha value is -3.08. The van der Waals surface area contributed by atoms with E-state index in [1.165, 1.54) is 24.3 Å². The molecule has 3 aromatic carbocycles. The van der Waals surface area contributed by atoms with E-state index in [0.29, 0.717) is 18.9 Å². The Morgan fingerprint density at radius 1 is 1.00 bits per heavy atom. The third-order valence-electron chi connectivity index (χ3n) is 3.89. The van der Waals surface area contributed by atoms with Crippen LogP contribution in [0.4, 0.5) is 4.39 Å². The molecule has 5 heteroatoms. The summed E-state index contributed by atoms with van der Waals surface area (Å²) in [4.78, 5) is 12.0. The quantitative estimate of drug-likeness (QED) is 0.655. The van der Waals surface area contributed by atoms with E-state index < -0.39 is 6.10 Å². The molecule has 1 atom stereocenters. The molecule has 0 aliphatic carbocycles. The number of hydrogen-bond donors (Lipinski definition) is 1. The molecule has 4 nitrogen and oxygen atoms in total. The lowest BCUT2D eigenvalue weighted by atomic mass is 10.1. The summed E-state index contributed by atoms with van der Waals surface area (Å²) < 4.78 is 24.0. The van der Waals surface area contributed by atoms with E-state index in [1.54, 1.807) is 6.92 Å². The molecule has 1 amide bonds. The summed E-state index contributed by atoms with van der Waals surface area (Å²) >= 11 is 0. The predicted octanol–water partition coefficient (Wildman–Crippen LogP) is 3.94. The molecule has 0 bridgehead atoms. The molecule has 0 heterocycles. The Labute approximate surface area is 151 Å². The van der Waals surface area contributed by atoms with Crippen LogP contribution in [0.2, 0.25) is 0 Å². The van der Waals surface area contributed by atoms with Gasteiger partial charge in [0.15, 0.2) is 6.10 Å². The molecule has 0 unspecified atom stereocenters. The highest BCUT2D eigenvalue weighted by Crippen LogP contribution is 2.20. The predicted molar refractivity (Wildman–Crippen MR) is 98.9 cm³/mol. The molecule has 0 radical (unpaired) electrons. The number of amides is 1. The maximum Gasteiger partial charge on any atom is 0.260 e. The molecule has 0 fully saturated rings. The van der Waals surface area contributed by atoms with E-state index in [1.807, 2.05) is 42.5 Å². The van der Waals surface area contributed by atoms with Gasteiger partial charge in [0.25, 0.3) is 5.91 Å². The van der Waals surface area contributed by atoms with Crippen molar-refractivity contribution in [1.82, 2.24) is 5.32 Å². The fourth-order valence-corrected chi connectivity index (χ4v) is 2.51. The first-order valence-corrected chi connectivity index (χ1v) is 8.43. The van der Waals surface area contributed by atoms with Crippen LogP contribution in [0, 0.1) is 5.82 Å². The fourth-order valence-electron chi connectivity index (χ4n) is 2.51. The van der Waals surface area contributed by atoms with E-state index in [4.69, 9.17) is 9.47 Å². The molecule has 0 aromatic heterocycles. The Kier molecular flexibility index (Phi) is 5.69. The highest BCUT2D eigenvalue weighted by molar-refractivity contribution is 5.83. The summed E-state index contributed by atoms with van der Waals surface area (Å²) in [6, 6.07) is 19.5. The van der Waals surface area contributed by atoms with Crippen molar-refractivity contribution in [2.24, 2.45) is 0 Å². The zero-order chi connectivity index (χ0) is 18.4. The van der Waals surface area contributed by atoms with Crippen molar-refractivity contribution < 1.29 is 18.7 Å². The molecule has 3 aromatic rings. The topological polar surface area (TPSA) is 47.6 Å². The highest BCUT2D eigenvalue weighted by Gasteiger charge is 2.14. The van der Waals surface area contributed by atoms with Crippen molar-refractivity contribution in [3.63, 3.8) is 0 Å². The molecule has 134 valence electrons. The van der Waals surface area contributed by atoms with Crippen LogP contribution in [0.1, 0.15) is 6.92 Å². The lowest BCUT2D eigenvalue weighted by molar-refractivity contribution is -0.127. The lowest BCUT2D eigenvalue weighted by Crippen LogP contribution is -2.38. The van der Waals surface area contributed by atoms with Crippen LogP contribution in [0.25, 0.3) is 10.8 Å². The summed E-state index contributed by atoms with van der Waals surface area (Å²) in [5, 5.41) is 5.02. The van der Waals surface area contributed by atoms with Gasteiger partial charge in [-0.3, -0.25) is 4.79 Å². The number of halogens is 1. The normalized spacial score (nSPS) is 11.8. The number of rotatable bonds is 7. The smallest absolute Gasteiger partial charge is 0.260 e. The van der Waals surface area contributed by atoms with Crippen molar-refractivity contribution in [3.8, 4) is 11.5 Å². The fraction of sp³-hybridized carbons (Fsp3) is 0.190. The summed E-state index contributed by atoms with van der Waals surface area (Å²) in [6.07, 6.45) is -0.680. The average molecular weight is 353 g/mol. The van der Waals surface area contributed by atoms with Crippen LogP contribution < -0.4 is 14.8 Å². The molecule has 0 spiro atoms. The van der Waals surface area contributed by atoms with Crippen LogP contribution in [0.3, 0.4) is 0 Å². The molecule has 0 saturated carbocycles. The summed E-state index contributed by atoms with van der Waals surface area (Å²) in [5.74, 6) is 0.603. The van der Waals surface area contributed by atoms with Crippen LogP contribution in [-0.4, -0.2) is 25.2 Å². The monoisotopic (exact) mass is 353 g/mol. The average Bonchev–Trinajstić information content (AvgIpc) is 2.66. The van der Waals surface area contributed by atoms with Gasteiger partial charge in [-0.15, -0.1) is 0 Å². The van der Waals surface area contributed by atoms with Gasteiger partial charge in [-0.1, -0.05) is 30.3 Å². The van der Waals surface area contributed by atoms with Crippen LogP contribution >= 0.6 is 0 Å². The van der Waals surface area contributed by atoms with Crippen LogP contribution in [0.15, 0.2) is 66.7 Å². The number of fused-ring (bicyclic) bond motifs is 1. The highest BCUT2D eigenvalue weighted by atomic mass is 19.1. The minimum Gasteiger partial charge on any atom is -0.492 e. The molecular weight excluding hydrogens is 333 g/mol. The Morgan fingerprint density at radius 3 is 2.46 bits per heavy atom. The largest absolute Gasteiger partial charge is 0.492 e. The Balaban J connectivity index is 1.43. The van der Waals surface area contributed by atoms with Gasteiger partial charge in [0.1, 0.15) is 23.9 Å². The Bertz CT molecular complexity index is 880. The van der Waals surface area contributed by atoms with Gasteiger partial charge >= 0.3 is 0 Å². The minimum absolute atomic E-state index is 0.253. The molecule has 0 aliphatic rings. The summed E-state index contributed by atoms with van der Waals surface area (Å²) in [6.45, 7) is 2.36. The third kappa shape index (κ3) is 4.72. The van der Waals surface area contributed by atoms with Gasteiger partial charge < -0.3 is 14.8 Å². The minimum atomic E-state index is -0.680. The van der Waals surface area contributed by atoms with Gasteiger partial charge in [-0.2, -0.15) is 0 Å². The number of hydrogen-bond acceptors (Lipinski definition) is 3. The summed E-state index contributed by atoms with van der Waals surface area (Å²) in [5.41, 5.74) is 0. The zero-order valence-electron chi connectivity index (χ0n) is 14.4. The zero-order valence-corrected chi connectivity index (χ0v) is 14.4. The van der Waals surface area contributed by atoms with Crippen molar-refractivity contribution in [2.45, 2.75) is 13.0 Å². The van der Waals surface area contributed by atoms with E-state index >= 15 is 0 Å². The van der Waals surface area contributed by atoms with Crippen molar-refractivity contribution in [1.29, 1.82) is 0 Å². The van der Waals surface area contributed by atoms with Gasteiger partial charge in [-0.05, 0) is 54.1 Å². The molecular formula is C21H20FNO3. The number of benzene rings is 3. The first-order chi connectivity index (χ1) is 12.6. The van der Waals surface area contributed by atoms with E-state index in [9.17, 15) is 9.18 Å². The molecule has 1 N–H and O–H groups in total. The second-order valence-corrected chi connectivity index (χ2v) is 5.86. The van der Waals surface area contributed by atoms with Crippen molar-refractivity contribution in [2.75, 3.05) is 13.2 Å². The standard InChI is InChI=1S/C21H20FNO3/c1-15(26-19-10-7-18(22)8-11-19)21(24)23-12-13-25-20-9-6-16-4-2-3-5-17(16)14-20/h2-11,14-15H,12-13H2,1H3,(H,23,24)/t15-/m1/s1. The molecule has 3 rings (SSSR count). The molecule has 26 heavy (non-hydrogen) atoms. The Morgan fingerprint density at radius 2 is 1.69 bits per heavy atom. The van der Waals surface area contributed by atoms with E-state index in [0.717, 1.165) is 16.5 Å². The van der Waals surface area contributed by atoms with Gasteiger partial charge in [0, 0.05) is 0 Å².